The van der Waals surface area contributed by atoms with Gasteiger partial charge >= 0.3 is 0 Å². The highest BCUT2D eigenvalue weighted by Gasteiger charge is 2.16. The molecule has 7 nitrogen and oxygen atoms in total. The monoisotopic (exact) mass is 419 g/mol. The largest absolute Gasteiger partial charge is 0.497 e. The highest BCUT2D eigenvalue weighted by Crippen LogP contribution is 2.29. The Bertz CT molecular complexity index is 1080. The van der Waals surface area contributed by atoms with Crippen LogP contribution in [0.2, 0.25) is 0 Å². The summed E-state index contributed by atoms with van der Waals surface area (Å²) in [5.74, 6) is 1.07. The maximum Gasteiger partial charge on any atom is 0.262 e. The van der Waals surface area contributed by atoms with Gasteiger partial charge < -0.3 is 14.8 Å². The number of ether oxygens (including phenoxy) is 2. The Morgan fingerprint density at radius 2 is 1.86 bits per heavy atom. The van der Waals surface area contributed by atoms with Crippen LogP contribution >= 0.6 is 23.1 Å². The smallest absolute Gasteiger partial charge is 0.262 e. The van der Waals surface area contributed by atoms with E-state index in [1.807, 2.05) is 13.8 Å². The van der Waals surface area contributed by atoms with Crippen LogP contribution in [0.3, 0.4) is 0 Å². The summed E-state index contributed by atoms with van der Waals surface area (Å²) in [5, 5.41) is 3.98. The molecule has 0 radical (unpaired) electrons. The minimum Gasteiger partial charge on any atom is -0.497 e. The average molecular weight is 420 g/mol. The van der Waals surface area contributed by atoms with Crippen LogP contribution in [-0.4, -0.2) is 35.4 Å². The Balaban J connectivity index is 1.76. The Morgan fingerprint density at radius 3 is 2.46 bits per heavy atom. The number of carbonyl (C=O) groups is 1. The first-order valence-corrected chi connectivity index (χ1v) is 10.3. The number of hydrogen-bond donors (Lipinski definition) is 1. The summed E-state index contributed by atoms with van der Waals surface area (Å²) in [7, 11) is 4.77. The number of fused-ring (bicyclic) bond motifs is 1. The van der Waals surface area contributed by atoms with Crippen molar-refractivity contribution in [1.82, 2.24) is 9.55 Å². The molecule has 0 bridgehead atoms. The van der Waals surface area contributed by atoms with Crippen molar-refractivity contribution in [1.29, 1.82) is 0 Å². The van der Waals surface area contributed by atoms with E-state index in [4.69, 9.17) is 9.47 Å². The van der Waals surface area contributed by atoms with E-state index in [-0.39, 0.29) is 17.2 Å². The number of anilines is 1. The highest BCUT2D eigenvalue weighted by atomic mass is 32.2. The topological polar surface area (TPSA) is 82.5 Å². The van der Waals surface area contributed by atoms with Gasteiger partial charge in [0.25, 0.3) is 5.56 Å². The molecule has 0 saturated heterocycles. The van der Waals surface area contributed by atoms with E-state index < -0.39 is 0 Å². The zero-order chi connectivity index (χ0) is 20.4. The van der Waals surface area contributed by atoms with Crippen molar-refractivity contribution >= 4 is 44.9 Å². The van der Waals surface area contributed by atoms with Gasteiger partial charge in [-0.2, -0.15) is 0 Å². The highest BCUT2D eigenvalue weighted by molar-refractivity contribution is 7.99. The molecule has 0 saturated carbocycles. The number of methoxy groups -OCH3 is 2. The number of benzene rings is 1. The van der Waals surface area contributed by atoms with Crippen LogP contribution < -0.4 is 20.3 Å². The summed E-state index contributed by atoms with van der Waals surface area (Å²) >= 11 is 2.72. The van der Waals surface area contributed by atoms with Crippen molar-refractivity contribution in [2.75, 3.05) is 25.3 Å². The maximum absolute atomic E-state index is 12.6. The van der Waals surface area contributed by atoms with E-state index in [9.17, 15) is 9.59 Å². The van der Waals surface area contributed by atoms with E-state index in [0.29, 0.717) is 32.6 Å². The van der Waals surface area contributed by atoms with Crippen LogP contribution in [0.15, 0.2) is 28.2 Å². The fraction of sp³-hybridized carbons (Fsp3) is 0.316. The lowest BCUT2D eigenvalue weighted by Gasteiger charge is -2.10. The fourth-order valence-corrected chi connectivity index (χ4v) is 4.53. The number of amides is 1. The van der Waals surface area contributed by atoms with Gasteiger partial charge in [0, 0.05) is 35.8 Å². The molecule has 0 aliphatic carbocycles. The number of hydrogen-bond acceptors (Lipinski definition) is 7. The zero-order valence-corrected chi connectivity index (χ0v) is 17.9. The molecule has 9 heteroatoms. The van der Waals surface area contributed by atoms with E-state index in [1.165, 1.54) is 27.7 Å². The summed E-state index contributed by atoms with van der Waals surface area (Å²) in [6, 6.07) is 5.15. The van der Waals surface area contributed by atoms with E-state index in [1.54, 1.807) is 39.5 Å². The molecule has 1 amide bonds. The van der Waals surface area contributed by atoms with Crippen LogP contribution in [0, 0.1) is 13.8 Å². The molecule has 3 rings (SSSR count). The minimum atomic E-state index is -0.215. The number of rotatable bonds is 6. The third kappa shape index (κ3) is 4.00. The molecule has 2 heterocycles. The second-order valence-electron chi connectivity index (χ2n) is 6.16. The summed E-state index contributed by atoms with van der Waals surface area (Å²) in [6.07, 6.45) is 0. The molecule has 0 aliphatic heterocycles. The van der Waals surface area contributed by atoms with Gasteiger partial charge in [-0.05, 0) is 19.4 Å². The number of nitrogens with zero attached hydrogens (tertiary/aromatic N) is 2. The second kappa shape index (κ2) is 8.24. The van der Waals surface area contributed by atoms with Gasteiger partial charge in [0.15, 0.2) is 5.16 Å². The molecule has 1 N–H and O–H groups in total. The van der Waals surface area contributed by atoms with Gasteiger partial charge in [0.2, 0.25) is 5.91 Å². The first-order chi connectivity index (χ1) is 13.3. The van der Waals surface area contributed by atoms with Gasteiger partial charge in [-0.15, -0.1) is 11.3 Å². The average Bonchev–Trinajstić information content (AvgIpc) is 2.96. The third-order valence-electron chi connectivity index (χ3n) is 4.34. The molecule has 28 heavy (non-hydrogen) atoms. The Labute approximate surface area is 170 Å². The fourth-order valence-electron chi connectivity index (χ4n) is 2.69. The van der Waals surface area contributed by atoms with Crippen LogP contribution in [0.4, 0.5) is 5.69 Å². The predicted molar refractivity (Wildman–Crippen MR) is 113 cm³/mol. The standard InChI is InChI=1S/C19H21N3O4S2/c1-10-11(2)28-17-16(10)18(24)22(3)19(21-17)27-9-15(23)20-12-6-13(25-4)8-14(7-12)26-5/h6-8H,9H2,1-5H3,(H,20,23). The molecule has 0 aliphatic rings. The summed E-state index contributed by atoms with van der Waals surface area (Å²) < 4.78 is 11.9. The molecule has 0 spiro atoms. The number of aryl methyl sites for hydroxylation is 2. The molecule has 3 aromatic rings. The SMILES string of the molecule is COc1cc(NC(=O)CSc2nc3sc(C)c(C)c3c(=O)n2C)cc(OC)c1. The van der Waals surface area contributed by atoms with Crippen LogP contribution in [-0.2, 0) is 11.8 Å². The van der Waals surface area contributed by atoms with Crippen molar-refractivity contribution in [3.63, 3.8) is 0 Å². The summed E-state index contributed by atoms with van der Waals surface area (Å²) in [5.41, 5.74) is 1.45. The lowest BCUT2D eigenvalue weighted by molar-refractivity contribution is -0.113. The van der Waals surface area contributed by atoms with Crippen LogP contribution in [0.25, 0.3) is 10.2 Å². The molecule has 2 aromatic heterocycles. The summed E-state index contributed by atoms with van der Waals surface area (Å²) in [6.45, 7) is 3.91. The first-order valence-electron chi connectivity index (χ1n) is 8.46. The molecule has 148 valence electrons. The number of carbonyl (C=O) groups excluding carboxylic acids is 1. The maximum atomic E-state index is 12.6. The molecule has 0 fully saturated rings. The van der Waals surface area contributed by atoms with Gasteiger partial charge in [0.1, 0.15) is 16.3 Å². The van der Waals surface area contributed by atoms with Crippen molar-refractivity contribution in [3.05, 3.63) is 39.0 Å². The quantitative estimate of drug-likeness (QED) is 0.487. The Hall–Kier alpha value is -2.52. The van der Waals surface area contributed by atoms with Crippen molar-refractivity contribution < 1.29 is 14.3 Å². The van der Waals surface area contributed by atoms with Crippen molar-refractivity contribution in [2.24, 2.45) is 7.05 Å². The number of thiophene rings is 1. The van der Waals surface area contributed by atoms with E-state index in [0.717, 1.165) is 10.4 Å². The Morgan fingerprint density at radius 1 is 1.21 bits per heavy atom. The molecule has 0 unspecified atom stereocenters. The normalized spacial score (nSPS) is 10.9. The lowest BCUT2D eigenvalue weighted by Crippen LogP contribution is -2.21. The van der Waals surface area contributed by atoms with E-state index >= 15 is 0 Å². The first kappa shape index (κ1) is 20.2. The molecule has 1 aromatic carbocycles. The zero-order valence-electron chi connectivity index (χ0n) is 16.3. The van der Waals surface area contributed by atoms with Crippen LogP contribution in [0.5, 0.6) is 11.5 Å². The van der Waals surface area contributed by atoms with Gasteiger partial charge in [-0.3, -0.25) is 14.2 Å². The van der Waals surface area contributed by atoms with Crippen molar-refractivity contribution in [2.45, 2.75) is 19.0 Å². The molecular formula is C19H21N3O4S2. The van der Waals surface area contributed by atoms with Crippen molar-refractivity contribution in [3.8, 4) is 11.5 Å². The van der Waals surface area contributed by atoms with Gasteiger partial charge in [-0.1, -0.05) is 11.8 Å². The number of aromatic nitrogens is 2. The van der Waals surface area contributed by atoms with Crippen LogP contribution in [0.1, 0.15) is 10.4 Å². The minimum absolute atomic E-state index is 0.0905. The third-order valence-corrected chi connectivity index (χ3v) is 6.47. The number of nitrogens with one attached hydrogen (secondary N) is 1. The predicted octanol–water partition coefficient (Wildman–Crippen LogP) is 3.36. The Kier molecular flexibility index (Phi) is 5.95. The second-order valence-corrected chi connectivity index (χ2v) is 8.31. The number of thioether (sulfide) groups is 1. The van der Waals surface area contributed by atoms with E-state index in [2.05, 4.69) is 10.3 Å². The van der Waals surface area contributed by atoms with Gasteiger partial charge in [-0.25, -0.2) is 4.98 Å². The molecular weight excluding hydrogens is 398 g/mol. The lowest BCUT2D eigenvalue weighted by atomic mass is 10.2. The summed E-state index contributed by atoms with van der Waals surface area (Å²) in [4.78, 5) is 31.4. The molecule has 0 atom stereocenters. The van der Waals surface area contributed by atoms with Gasteiger partial charge in [0.05, 0.1) is 25.4 Å².